The van der Waals surface area contributed by atoms with Crippen molar-refractivity contribution in [1.29, 1.82) is 0 Å². The predicted octanol–water partition coefficient (Wildman–Crippen LogP) is 3.68. The molecular formula is C14H14O. The third-order valence-corrected chi connectivity index (χ3v) is 2.65. The van der Waals surface area contributed by atoms with Crippen LogP contribution in [0.15, 0.2) is 42.5 Å². The number of hydrogen-bond acceptors (Lipinski definition) is 1. The summed E-state index contributed by atoms with van der Waals surface area (Å²) in [4.78, 5) is 0. The van der Waals surface area contributed by atoms with Crippen molar-refractivity contribution in [2.75, 3.05) is 0 Å². The van der Waals surface area contributed by atoms with Gasteiger partial charge >= 0.3 is 0 Å². The SMILES string of the molecule is Cc1ccccc1-c1ccc(O)cc1C. The Kier molecular flexibility index (Phi) is 2.46. The molecule has 0 atom stereocenters. The van der Waals surface area contributed by atoms with E-state index < -0.39 is 0 Å². The lowest BCUT2D eigenvalue weighted by atomic mass is 9.97. The molecule has 1 heteroatoms. The monoisotopic (exact) mass is 198 g/mol. The average Bonchev–Trinajstić information content (AvgIpc) is 2.20. The number of aryl methyl sites for hydroxylation is 2. The third kappa shape index (κ3) is 1.86. The molecule has 2 aromatic carbocycles. The second-order valence-corrected chi connectivity index (χ2v) is 3.81. The van der Waals surface area contributed by atoms with E-state index >= 15 is 0 Å². The number of phenols is 1. The lowest BCUT2D eigenvalue weighted by molar-refractivity contribution is 0.475. The molecule has 0 unspecified atom stereocenters. The van der Waals surface area contributed by atoms with Gasteiger partial charge in [0.2, 0.25) is 0 Å². The smallest absolute Gasteiger partial charge is 0.115 e. The Hall–Kier alpha value is -1.76. The first-order chi connectivity index (χ1) is 7.18. The Balaban J connectivity index is 2.60. The van der Waals surface area contributed by atoms with E-state index in [0.717, 1.165) is 5.56 Å². The van der Waals surface area contributed by atoms with Crippen LogP contribution < -0.4 is 0 Å². The minimum Gasteiger partial charge on any atom is -0.508 e. The maximum atomic E-state index is 9.35. The average molecular weight is 198 g/mol. The highest BCUT2D eigenvalue weighted by Crippen LogP contribution is 2.28. The zero-order valence-electron chi connectivity index (χ0n) is 8.99. The molecule has 0 saturated carbocycles. The molecule has 0 bridgehead atoms. The molecule has 2 aromatic rings. The van der Waals surface area contributed by atoms with E-state index in [1.807, 2.05) is 25.1 Å². The van der Waals surface area contributed by atoms with E-state index in [0.29, 0.717) is 5.75 Å². The van der Waals surface area contributed by atoms with Crippen molar-refractivity contribution in [1.82, 2.24) is 0 Å². The van der Waals surface area contributed by atoms with Crippen molar-refractivity contribution in [2.45, 2.75) is 13.8 Å². The maximum Gasteiger partial charge on any atom is 0.115 e. The third-order valence-electron chi connectivity index (χ3n) is 2.65. The summed E-state index contributed by atoms with van der Waals surface area (Å²) in [5, 5.41) is 9.35. The Bertz CT molecular complexity index is 486. The van der Waals surface area contributed by atoms with Gasteiger partial charge in [0.25, 0.3) is 0 Å². The normalized spacial score (nSPS) is 10.3. The molecule has 0 aliphatic heterocycles. The van der Waals surface area contributed by atoms with Gasteiger partial charge in [0.1, 0.15) is 5.75 Å². The van der Waals surface area contributed by atoms with E-state index in [1.165, 1.54) is 16.7 Å². The number of aromatic hydroxyl groups is 1. The first kappa shape index (κ1) is 9.78. The lowest BCUT2D eigenvalue weighted by Crippen LogP contribution is -1.85. The molecule has 0 aliphatic carbocycles. The van der Waals surface area contributed by atoms with Crippen molar-refractivity contribution in [3.63, 3.8) is 0 Å². The molecule has 0 spiro atoms. The summed E-state index contributed by atoms with van der Waals surface area (Å²) in [6.07, 6.45) is 0. The molecule has 0 aliphatic rings. The molecule has 1 N–H and O–H groups in total. The van der Waals surface area contributed by atoms with Crippen LogP contribution in [0.25, 0.3) is 11.1 Å². The largest absolute Gasteiger partial charge is 0.508 e. The molecule has 0 fully saturated rings. The van der Waals surface area contributed by atoms with Crippen LogP contribution in [0.5, 0.6) is 5.75 Å². The van der Waals surface area contributed by atoms with Crippen molar-refractivity contribution >= 4 is 0 Å². The molecule has 0 heterocycles. The summed E-state index contributed by atoms with van der Waals surface area (Å²) < 4.78 is 0. The Morgan fingerprint density at radius 3 is 2.13 bits per heavy atom. The topological polar surface area (TPSA) is 20.2 Å². The van der Waals surface area contributed by atoms with Crippen LogP contribution in [0.4, 0.5) is 0 Å². The Labute approximate surface area is 90.0 Å². The fraction of sp³-hybridized carbons (Fsp3) is 0.143. The summed E-state index contributed by atoms with van der Waals surface area (Å²) in [6, 6.07) is 13.8. The summed E-state index contributed by atoms with van der Waals surface area (Å²) in [5.41, 5.74) is 4.77. The van der Waals surface area contributed by atoms with Gasteiger partial charge in [-0.25, -0.2) is 0 Å². The van der Waals surface area contributed by atoms with Gasteiger partial charge in [-0.3, -0.25) is 0 Å². The van der Waals surface area contributed by atoms with Crippen LogP contribution in [-0.2, 0) is 0 Å². The number of benzene rings is 2. The van der Waals surface area contributed by atoms with Crippen LogP contribution in [0.1, 0.15) is 11.1 Å². The van der Waals surface area contributed by atoms with Gasteiger partial charge in [-0.2, -0.15) is 0 Å². The van der Waals surface area contributed by atoms with E-state index in [4.69, 9.17) is 0 Å². The maximum absolute atomic E-state index is 9.35. The van der Waals surface area contributed by atoms with Gasteiger partial charge in [-0.1, -0.05) is 30.3 Å². The molecule has 15 heavy (non-hydrogen) atoms. The van der Waals surface area contributed by atoms with E-state index in [1.54, 1.807) is 12.1 Å². The van der Waals surface area contributed by atoms with Crippen molar-refractivity contribution in [2.24, 2.45) is 0 Å². The molecule has 1 nitrogen and oxygen atoms in total. The number of hydrogen-bond donors (Lipinski definition) is 1. The van der Waals surface area contributed by atoms with Gasteiger partial charge in [0.15, 0.2) is 0 Å². The highest BCUT2D eigenvalue weighted by Gasteiger charge is 2.04. The highest BCUT2D eigenvalue weighted by molar-refractivity contribution is 5.70. The first-order valence-corrected chi connectivity index (χ1v) is 5.04. The minimum atomic E-state index is 0.324. The number of phenolic OH excluding ortho intramolecular Hbond substituents is 1. The second kappa shape index (κ2) is 3.77. The van der Waals surface area contributed by atoms with Gasteiger partial charge in [-0.05, 0) is 48.2 Å². The Morgan fingerprint density at radius 1 is 0.800 bits per heavy atom. The Morgan fingerprint density at radius 2 is 1.47 bits per heavy atom. The lowest BCUT2D eigenvalue weighted by Gasteiger charge is -2.09. The predicted molar refractivity (Wildman–Crippen MR) is 63.0 cm³/mol. The summed E-state index contributed by atoms with van der Waals surface area (Å²) in [5.74, 6) is 0.324. The van der Waals surface area contributed by atoms with Gasteiger partial charge in [0.05, 0.1) is 0 Å². The molecule has 0 amide bonds. The highest BCUT2D eigenvalue weighted by atomic mass is 16.3. The van der Waals surface area contributed by atoms with Crippen molar-refractivity contribution in [3.8, 4) is 16.9 Å². The molecule has 2 rings (SSSR count). The van der Waals surface area contributed by atoms with Crippen LogP contribution in [0, 0.1) is 13.8 Å². The second-order valence-electron chi connectivity index (χ2n) is 3.81. The van der Waals surface area contributed by atoms with Crippen molar-refractivity contribution in [3.05, 3.63) is 53.6 Å². The summed E-state index contributed by atoms with van der Waals surface area (Å²) >= 11 is 0. The molecule has 0 aromatic heterocycles. The molecular weight excluding hydrogens is 184 g/mol. The fourth-order valence-electron chi connectivity index (χ4n) is 1.83. The van der Waals surface area contributed by atoms with E-state index in [2.05, 4.69) is 19.1 Å². The van der Waals surface area contributed by atoms with Crippen LogP contribution in [0.3, 0.4) is 0 Å². The van der Waals surface area contributed by atoms with Gasteiger partial charge in [-0.15, -0.1) is 0 Å². The van der Waals surface area contributed by atoms with Gasteiger partial charge < -0.3 is 5.11 Å². The minimum absolute atomic E-state index is 0.324. The quantitative estimate of drug-likeness (QED) is 0.741. The summed E-state index contributed by atoms with van der Waals surface area (Å²) in [7, 11) is 0. The zero-order valence-corrected chi connectivity index (χ0v) is 8.99. The number of rotatable bonds is 1. The van der Waals surface area contributed by atoms with Crippen LogP contribution in [0.2, 0.25) is 0 Å². The zero-order chi connectivity index (χ0) is 10.8. The molecule has 0 radical (unpaired) electrons. The van der Waals surface area contributed by atoms with Crippen molar-refractivity contribution < 1.29 is 5.11 Å². The standard InChI is InChI=1S/C14H14O/c1-10-5-3-4-6-13(10)14-8-7-12(15)9-11(14)2/h3-9,15H,1-2H3. The first-order valence-electron chi connectivity index (χ1n) is 5.04. The summed E-state index contributed by atoms with van der Waals surface area (Å²) in [6.45, 7) is 4.11. The molecule has 76 valence electrons. The fourth-order valence-corrected chi connectivity index (χ4v) is 1.83. The van der Waals surface area contributed by atoms with Gasteiger partial charge in [0, 0.05) is 0 Å². The van der Waals surface area contributed by atoms with Crippen LogP contribution in [-0.4, -0.2) is 5.11 Å². The van der Waals surface area contributed by atoms with Crippen LogP contribution >= 0.6 is 0 Å². The van der Waals surface area contributed by atoms with E-state index in [9.17, 15) is 5.11 Å². The molecule has 0 saturated heterocycles. The van der Waals surface area contributed by atoms with E-state index in [-0.39, 0.29) is 0 Å².